The number of nitrogens with zero attached hydrogens (tertiary/aromatic N) is 5. The zero-order valence-electron chi connectivity index (χ0n) is 17.6. The van der Waals surface area contributed by atoms with Crippen molar-refractivity contribution < 1.29 is 0 Å². The molecule has 1 N–H and O–H groups in total. The molecule has 3 aromatic heterocycles. The average Bonchev–Trinajstić information content (AvgIpc) is 3.39. The van der Waals surface area contributed by atoms with Crippen LogP contribution in [0.15, 0.2) is 44.0 Å². The van der Waals surface area contributed by atoms with Crippen LogP contribution in [0.5, 0.6) is 0 Å². The molecule has 0 radical (unpaired) electrons. The molecule has 4 aromatic rings. The first-order chi connectivity index (χ1) is 15.1. The zero-order chi connectivity index (χ0) is 21.7. The Morgan fingerprint density at radius 1 is 0.806 bits per heavy atom. The van der Waals surface area contributed by atoms with Gasteiger partial charge < -0.3 is 9.55 Å². The summed E-state index contributed by atoms with van der Waals surface area (Å²) >= 11 is 0. The Hall–Kier alpha value is -4.06. The molecule has 0 fully saturated rings. The van der Waals surface area contributed by atoms with Gasteiger partial charge in [0.25, 0.3) is 0 Å². The highest BCUT2D eigenvalue weighted by Gasteiger charge is 2.21. The van der Waals surface area contributed by atoms with Gasteiger partial charge in [-0.3, -0.25) is 0 Å². The topological polar surface area (TPSA) is 72.3 Å². The molecule has 1 aromatic carbocycles. The number of hydrogen-bond acceptors (Lipinski definition) is 4. The molecule has 31 heavy (non-hydrogen) atoms. The molecule has 6 heteroatoms. The summed E-state index contributed by atoms with van der Waals surface area (Å²) in [5.41, 5.74) is 8.54. The fraction of sp³-hybridized carbons (Fsp3) is 0.120. The van der Waals surface area contributed by atoms with Crippen molar-refractivity contribution in [1.29, 1.82) is 0 Å². The first-order valence-corrected chi connectivity index (χ1v) is 10.2. The molecule has 0 aliphatic carbocycles. The lowest BCUT2D eigenvalue weighted by molar-refractivity contribution is 0.963. The molecule has 6 bridgehead atoms. The lowest BCUT2D eigenvalue weighted by atomic mass is 10.1. The van der Waals surface area contributed by atoms with Crippen LogP contribution in [0.2, 0.25) is 0 Å². The van der Waals surface area contributed by atoms with Crippen molar-refractivity contribution in [2.24, 2.45) is 7.05 Å². The molecule has 1 aliphatic heterocycles. The summed E-state index contributed by atoms with van der Waals surface area (Å²) in [4.78, 5) is 23.0. The Labute approximate surface area is 180 Å². The van der Waals surface area contributed by atoms with Crippen molar-refractivity contribution in [3.63, 3.8) is 0 Å². The van der Waals surface area contributed by atoms with E-state index in [1.165, 1.54) is 0 Å². The second-order valence-electron chi connectivity index (χ2n) is 7.35. The normalized spacial score (nSPS) is 11.4. The maximum atomic E-state index is 4.99. The minimum atomic E-state index is 0.614. The number of aryl methyl sites for hydroxylation is 2. The standard InChI is InChI=1S/C25H22N6/c1-6-14-15(7-2)21-26-20(14)27-22-18-12-10-11-13-19(18)23(28-22)30-25-17(9-4)16(8-3)24(29-21)31(25)5/h6,8-13H,1,3-4,7H2,2,5H3,(H,26,27,28,29,30). The molecule has 0 unspecified atom stereocenters. The van der Waals surface area contributed by atoms with Crippen molar-refractivity contribution in [3.05, 3.63) is 66.3 Å². The van der Waals surface area contributed by atoms with E-state index in [9.17, 15) is 0 Å². The second-order valence-corrected chi connectivity index (χ2v) is 7.35. The van der Waals surface area contributed by atoms with Crippen LogP contribution in [0.25, 0.3) is 63.6 Å². The van der Waals surface area contributed by atoms with Crippen LogP contribution in [-0.2, 0) is 13.5 Å². The quantitative estimate of drug-likeness (QED) is 0.428. The average molecular weight is 406 g/mol. The largest absolute Gasteiger partial charge is 0.324 e. The summed E-state index contributed by atoms with van der Waals surface area (Å²) < 4.78 is 1.96. The van der Waals surface area contributed by atoms with Crippen LogP contribution in [0, 0.1) is 0 Å². The van der Waals surface area contributed by atoms with E-state index in [0.717, 1.165) is 56.7 Å². The summed E-state index contributed by atoms with van der Waals surface area (Å²) in [6.07, 6.45) is 6.20. The van der Waals surface area contributed by atoms with E-state index in [1.807, 2.05) is 42.0 Å². The van der Waals surface area contributed by atoms with Gasteiger partial charge in [-0.05, 0) is 6.42 Å². The van der Waals surface area contributed by atoms with Crippen LogP contribution < -0.4 is 0 Å². The molecule has 152 valence electrons. The van der Waals surface area contributed by atoms with Gasteiger partial charge in [0.15, 0.2) is 11.6 Å². The molecule has 1 aliphatic rings. The number of rotatable bonds is 4. The van der Waals surface area contributed by atoms with Crippen molar-refractivity contribution in [1.82, 2.24) is 29.5 Å². The lowest BCUT2D eigenvalue weighted by Gasteiger charge is -1.99. The Balaban J connectivity index is 2.11. The number of aromatic amines is 1. The number of fused-ring (bicyclic) bond motifs is 9. The van der Waals surface area contributed by atoms with Crippen LogP contribution in [0.4, 0.5) is 0 Å². The maximum Gasteiger partial charge on any atom is 0.164 e. The van der Waals surface area contributed by atoms with Gasteiger partial charge in [-0.1, -0.05) is 69.2 Å². The Morgan fingerprint density at radius 2 is 1.39 bits per heavy atom. The molecule has 0 spiro atoms. The van der Waals surface area contributed by atoms with Gasteiger partial charge in [-0.2, -0.15) is 0 Å². The third-order valence-corrected chi connectivity index (χ3v) is 5.74. The highest BCUT2D eigenvalue weighted by Crippen LogP contribution is 2.34. The summed E-state index contributed by atoms with van der Waals surface area (Å²) in [5.74, 6) is 1.23. The highest BCUT2D eigenvalue weighted by molar-refractivity contribution is 5.88. The first kappa shape index (κ1) is 18.9. The monoisotopic (exact) mass is 406 g/mol. The lowest BCUT2D eigenvalue weighted by Crippen LogP contribution is -1.93. The fourth-order valence-corrected chi connectivity index (χ4v) is 4.24. The van der Waals surface area contributed by atoms with Crippen LogP contribution in [0.3, 0.4) is 0 Å². The molecule has 0 saturated carbocycles. The Kier molecular flexibility index (Phi) is 4.29. The van der Waals surface area contributed by atoms with Crippen molar-refractivity contribution in [2.45, 2.75) is 13.3 Å². The minimum absolute atomic E-state index is 0.614. The molecule has 0 atom stereocenters. The Morgan fingerprint density at radius 3 is 1.97 bits per heavy atom. The fourth-order valence-electron chi connectivity index (χ4n) is 4.24. The van der Waals surface area contributed by atoms with Crippen LogP contribution in [-0.4, -0.2) is 29.5 Å². The van der Waals surface area contributed by atoms with Crippen LogP contribution in [0.1, 0.15) is 29.2 Å². The van der Waals surface area contributed by atoms with Gasteiger partial charge in [0.2, 0.25) is 0 Å². The van der Waals surface area contributed by atoms with Crippen molar-refractivity contribution >= 4 is 40.8 Å². The SMILES string of the molecule is C=Cc1c(CC)c2nc3c(C=C)c(C=C)c(nc4nc(nc1[nH]2)-c1ccccc1-4)n3C. The molecule has 0 saturated heterocycles. The smallest absolute Gasteiger partial charge is 0.164 e. The molecule has 5 rings (SSSR count). The van der Waals surface area contributed by atoms with Gasteiger partial charge in [-0.25, -0.2) is 19.9 Å². The summed E-state index contributed by atoms with van der Waals surface area (Å²) in [7, 11) is 1.95. The van der Waals surface area contributed by atoms with E-state index in [4.69, 9.17) is 19.9 Å². The summed E-state index contributed by atoms with van der Waals surface area (Å²) in [6, 6.07) is 8.00. The first-order valence-electron chi connectivity index (χ1n) is 10.2. The molecular weight excluding hydrogens is 384 g/mol. The van der Waals surface area contributed by atoms with E-state index in [0.29, 0.717) is 17.3 Å². The summed E-state index contributed by atoms with van der Waals surface area (Å²) in [5, 5.41) is 0. The number of nitrogens with one attached hydrogen (secondary N) is 1. The van der Waals surface area contributed by atoms with Gasteiger partial charge in [0.05, 0.1) is 0 Å². The highest BCUT2D eigenvalue weighted by atomic mass is 15.1. The number of H-pyrrole nitrogens is 1. The van der Waals surface area contributed by atoms with E-state index < -0.39 is 0 Å². The van der Waals surface area contributed by atoms with E-state index in [1.54, 1.807) is 12.2 Å². The third kappa shape index (κ3) is 2.65. The van der Waals surface area contributed by atoms with Gasteiger partial charge in [0, 0.05) is 40.4 Å². The van der Waals surface area contributed by atoms with Crippen molar-refractivity contribution in [2.75, 3.05) is 0 Å². The van der Waals surface area contributed by atoms with Crippen LogP contribution >= 0.6 is 0 Å². The number of aromatic nitrogens is 6. The third-order valence-electron chi connectivity index (χ3n) is 5.74. The van der Waals surface area contributed by atoms with Crippen molar-refractivity contribution in [3.8, 4) is 22.8 Å². The predicted molar refractivity (Wildman–Crippen MR) is 128 cm³/mol. The van der Waals surface area contributed by atoms with E-state index >= 15 is 0 Å². The minimum Gasteiger partial charge on any atom is -0.324 e. The maximum absolute atomic E-state index is 4.99. The van der Waals surface area contributed by atoms with Gasteiger partial charge in [-0.15, -0.1) is 0 Å². The second kappa shape index (κ2) is 7.02. The van der Waals surface area contributed by atoms with Gasteiger partial charge in [0.1, 0.15) is 22.6 Å². The Bertz CT molecular complexity index is 1480. The predicted octanol–water partition coefficient (Wildman–Crippen LogP) is 5.50. The van der Waals surface area contributed by atoms with E-state index in [-0.39, 0.29) is 0 Å². The molecular formula is C25H22N6. The number of hydrogen-bond donors (Lipinski definition) is 1. The zero-order valence-corrected chi connectivity index (χ0v) is 17.6. The van der Waals surface area contributed by atoms with E-state index in [2.05, 4.69) is 31.6 Å². The van der Waals surface area contributed by atoms with Gasteiger partial charge >= 0.3 is 0 Å². The summed E-state index contributed by atoms with van der Waals surface area (Å²) in [6.45, 7) is 14.1. The molecule has 6 nitrogen and oxygen atoms in total. The molecule has 4 heterocycles. The number of benzene rings is 1. The molecule has 0 amide bonds.